The molecule has 0 saturated carbocycles. The van der Waals surface area contributed by atoms with Gasteiger partial charge in [0, 0.05) is 12.0 Å². The SMILES string of the molecule is COc1ccc(OCCCC(=O)Nc2oc(C)c(C)c2C#N)cc1. The summed E-state index contributed by atoms with van der Waals surface area (Å²) in [5.74, 6) is 2.12. The Morgan fingerprint density at radius 1 is 1.25 bits per heavy atom. The molecule has 0 unspecified atom stereocenters. The van der Waals surface area contributed by atoms with Gasteiger partial charge in [0.1, 0.15) is 28.9 Å². The van der Waals surface area contributed by atoms with Gasteiger partial charge in [0.15, 0.2) is 0 Å². The first-order valence-corrected chi connectivity index (χ1v) is 7.62. The summed E-state index contributed by atoms with van der Waals surface area (Å²) in [4.78, 5) is 11.9. The Kier molecular flexibility index (Phi) is 5.85. The number of ether oxygens (including phenoxy) is 2. The highest BCUT2D eigenvalue weighted by Gasteiger charge is 2.16. The summed E-state index contributed by atoms with van der Waals surface area (Å²) in [6.07, 6.45) is 0.832. The van der Waals surface area contributed by atoms with Crippen LogP contribution in [0.15, 0.2) is 28.7 Å². The van der Waals surface area contributed by atoms with Crippen LogP contribution in [0.4, 0.5) is 5.88 Å². The third-order valence-corrected chi connectivity index (χ3v) is 3.63. The minimum Gasteiger partial charge on any atom is -0.497 e. The topological polar surface area (TPSA) is 84.5 Å². The number of hydrogen-bond donors (Lipinski definition) is 1. The van der Waals surface area contributed by atoms with Crippen molar-refractivity contribution in [3.63, 3.8) is 0 Å². The van der Waals surface area contributed by atoms with Crippen molar-refractivity contribution in [2.75, 3.05) is 19.0 Å². The lowest BCUT2D eigenvalue weighted by molar-refractivity contribution is -0.116. The molecule has 6 nitrogen and oxygen atoms in total. The number of nitrogens with one attached hydrogen (secondary N) is 1. The van der Waals surface area contributed by atoms with Crippen molar-refractivity contribution in [3.05, 3.63) is 41.2 Å². The second kappa shape index (κ2) is 8.06. The number of carbonyl (C=O) groups excluding carboxylic acids is 1. The summed E-state index contributed by atoms with van der Waals surface area (Å²) in [6.45, 7) is 3.96. The molecule has 2 rings (SSSR count). The Balaban J connectivity index is 1.77. The van der Waals surface area contributed by atoms with Gasteiger partial charge in [0.2, 0.25) is 11.8 Å². The van der Waals surface area contributed by atoms with Crippen LogP contribution >= 0.6 is 0 Å². The molecule has 2 aromatic rings. The Labute approximate surface area is 141 Å². The van der Waals surface area contributed by atoms with E-state index in [1.54, 1.807) is 21.0 Å². The average Bonchev–Trinajstić information content (AvgIpc) is 2.85. The summed E-state index contributed by atoms with van der Waals surface area (Å²) >= 11 is 0. The Morgan fingerprint density at radius 2 is 1.92 bits per heavy atom. The van der Waals surface area contributed by atoms with E-state index in [-0.39, 0.29) is 18.2 Å². The predicted octanol–water partition coefficient (Wildman–Crippen LogP) is 3.57. The zero-order valence-corrected chi connectivity index (χ0v) is 14.0. The first-order chi connectivity index (χ1) is 11.5. The molecular formula is C18H20N2O4. The van der Waals surface area contributed by atoms with E-state index < -0.39 is 0 Å². The van der Waals surface area contributed by atoms with E-state index >= 15 is 0 Å². The highest BCUT2D eigenvalue weighted by molar-refractivity contribution is 5.90. The maximum atomic E-state index is 11.9. The van der Waals surface area contributed by atoms with Crippen LogP contribution in [0.5, 0.6) is 11.5 Å². The molecule has 0 aliphatic heterocycles. The molecule has 126 valence electrons. The zero-order valence-electron chi connectivity index (χ0n) is 14.0. The number of hydrogen-bond acceptors (Lipinski definition) is 5. The molecule has 0 atom stereocenters. The normalized spacial score (nSPS) is 10.1. The highest BCUT2D eigenvalue weighted by Crippen LogP contribution is 2.25. The van der Waals surface area contributed by atoms with E-state index in [2.05, 4.69) is 5.32 Å². The third kappa shape index (κ3) is 4.29. The fourth-order valence-electron chi connectivity index (χ4n) is 2.13. The summed E-state index contributed by atoms with van der Waals surface area (Å²) in [6, 6.07) is 9.29. The van der Waals surface area contributed by atoms with Gasteiger partial charge in [-0.05, 0) is 44.5 Å². The fraction of sp³-hybridized carbons (Fsp3) is 0.333. The highest BCUT2D eigenvalue weighted by atomic mass is 16.5. The molecule has 0 aliphatic rings. The lowest BCUT2D eigenvalue weighted by Crippen LogP contribution is -2.13. The van der Waals surface area contributed by atoms with Crippen molar-refractivity contribution in [3.8, 4) is 17.6 Å². The molecule has 0 spiro atoms. The smallest absolute Gasteiger partial charge is 0.226 e. The number of rotatable bonds is 7. The van der Waals surface area contributed by atoms with Gasteiger partial charge in [-0.15, -0.1) is 0 Å². The summed E-state index contributed by atoms with van der Waals surface area (Å²) < 4.78 is 16.0. The molecule has 0 saturated heterocycles. The summed E-state index contributed by atoms with van der Waals surface area (Å²) in [5.41, 5.74) is 1.12. The lowest BCUT2D eigenvalue weighted by Gasteiger charge is -2.07. The van der Waals surface area contributed by atoms with Crippen LogP contribution in [0.3, 0.4) is 0 Å². The van der Waals surface area contributed by atoms with Crippen LogP contribution < -0.4 is 14.8 Å². The molecule has 0 bridgehead atoms. The van der Waals surface area contributed by atoms with Crippen LogP contribution in [-0.4, -0.2) is 19.6 Å². The van der Waals surface area contributed by atoms with E-state index in [4.69, 9.17) is 19.2 Å². The van der Waals surface area contributed by atoms with Gasteiger partial charge in [-0.25, -0.2) is 0 Å². The molecule has 1 aromatic heterocycles. The molecule has 1 heterocycles. The van der Waals surface area contributed by atoms with Crippen molar-refractivity contribution in [1.29, 1.82) is 5.26 Å². The van der Waals surface area contributed by atoms with E-state index in [9.17, 15) is 4.79 Å². The summed E-state index contributed by atoms with van der Waals surface area (Å²) in [5, 5.41) is 11.7. The molecule has 1 amide bonds. The largest absolute Gasteiger partial charge is 0.497 e. The Morgan fingerprint density at radius 3 is 2.54 bits per heavy atom. The van der Waals surface area contributed by atoms with Crippen LogP contribution in [0.25, 0.3) is 0 Å². The molecule has 0 aliphatic carbocycles. The van der Waals surface area contributed by atoms with Crippen LogP contribution in [0, 0.1) is 25.2 Å². The number of benzene rings is 1. The zero-order chi connectivity index (χ0) is 17.5. The predicted molar refractivity (Wildman–Crippen MR) is 89.2 cm³/mol. The van der Waals surface area contributed by atoms with Crippen molar-refractivity contribution >= 4 is 11.8 Å². The monoisotopic (exact) mass is 328 g/mol. The van der Waals surface area contributed by atoms with Crippen LogP contribution in [-0.2, 0) is 4.79 Å². The molecule has 0 radical (unpaired) electrons. The van der Waals surface area contributed by atoms with Crippen LogP contribution in [0.2, 0.25) is 0 Å². The van der Waals surface area contributed by atoms with Gasteiger partial charge < -0.3 is 13.9 Å². The first-order valence-electron chi connectivity index (χ1n) is 7.62. The number of nitriles is 1. The molecular weight excluding hydrogens is 308 g/mol. The molecule has 1 N–H and O–H groups in total. The number of furan rings is 1. The number of anilines is 1. The van der Waals surface area contributed by atoms with Gasteiger partial charge in [0.05, 0.1) is 13.7 Å². The number of methoxy groups -OCH3 is 1. The van der Waals surface area contributed by atoms with Gasteiger partial charge in [-0.3, -0.25) is 10.1 Å². The standard InChI is InChI=1S/C18H20N2O4/c1-12-13(2)24-18(16(12)11-19)20-17(21)5-4-10-23-15-8-6-14(22-3)7-9-15/h6-9H,4-5,10H2,1-3H3,(H,20,21). The minimum absolute atomic E-state index is 0.210. The number of aryl methyl sites for hydroxylation is 1. The van der Waals surface area contributed by atoms with Crippen molar-refractivity contribution in [1.82, 2.24) is 0 Å². The number of amides is 1. The van der Waals surface area contributed by atoms with Gasteiger partial charge in [-0.1, -0.05) is 0 Å². The first kappa shape index (κ1) is 17.4. The number of nitrogens with zero attached hydrogens (tertiary/aromatic N) is 1. The summed E-state index contributed by atoms with van der Waals surface area (Å²) in [7, 11) is 1.61. The van der Waals surface area contributed by atoms with Gasteiger partial charge in [0.25, 0.3) is 0 Å². The van der Waals surface area contributed by atoms with Gasteiger partial charge >= 0.3 is 0 Å². The van der Waals surface area contributed by atoms with E-state index in [1.165, 1.54) is 0 Å². The van der Waals surface area contributed by atoms with Crippen molar-refractivity contribution in [2.24, 2.45) is 0 Å². The van der Waals surface area contributed by atoms with Crippen molar-refractivity contribution < 1.29 is 18.7 Å². The fourth-order valence-corrected chi connectivity index (χ4v) is 2.13. The maximum absolute atomic E-state index is 11.9. The van der Waals surface area contributed by atoms with E-state index in [1.807, 2.05) is 30.3 Å². The molecule has 24 heavy (non-hydrogen) atoms. The maximum Gasteiger partial charge on any atom is 0.226 e. The average molecular weight is 328 g/mol. The molecule has 1 aromatic carbocycles. The quantitative estimate of drug-likeness (QED) is 0.785. The Bertz CT molecular complexity index is 742. The Hall–Kier alpha value is -2.94. The minimum atomic E-state index is -0.210. The number of carbonyl (C=O) groups is 1. The van der Waals surface area contributed by atoms with Crippen molar-refractivity contribution in [2.45, 2.75) is 26.7 Å². The second-order valence-electron chi connectivity index (χ2n) is 5.27. The second-order valence-corrected chi connectivity index (χ2v) is 5.27. The van der Waals surface area contributed by atoms with Crippen LogP contribution in [0.1, 0.15) is 29.7 Å². The van der Waals surface area contributed by atoms with Gasteiger partial charge in [-0.2, -0.15) is 5.26 Å². The molecule has 0 fully saturated rings. The molecule has 6 heteroatoms. The van der Waals surface area contributed by atoms with E-state index in [0.29, 0.717) is 24.4 Å². The van der Waals surface area contributed by atoms with E-state index in [0.717, 1.165) is 17.1 Å². The lowest BCUT2D eigenvalue weighted by atomic mass is 10.2. The third-order valence-electron chi connectivity index (χ3n) is 3.63.